The van der Waals surface area contributed by atoms with Gasteiger partial charge < -0.3 is 15.2 Å². The van der Waals surface area contributed by atoms with E-state index in [-0.39, 0.29) is 12.0 Å². The van der Waals surface area contributed by atoms with Gasteiger partial charge in [-0.2, -0.15) is 0 Å². The highest BCUT2D eigenvalue weighted by atomic mass is 16.5. The predicted molar refractivity (Wildman–Crippen MR) is 62.4 cm³/mol. The van der Waals surface area contributed by atoms with Crippen LogP contribution in [0.15, 0.2) is 0 Å². The van der Waals surface area contributed by atoms with Gasteiger partial charge in [0.25, 0.3) is 0 Å². The first-order valence-corrected chi connectivity index (χ1v) is 5.96. The van der Waals surface area contributed by atoms with E-state index >= 15 is 0 Å². The van der Waals surface area contributed by atoms with Gasteiger partial charge in [-0.3, -0.25) is 4.79 Å². The number of rotatable bonds is 8. The number of ether oxygens (including phenoxy) is 1. The van der Waals surface area contributed by atoms with Crippen molar-refractivity contribution in [1.82, 2.24) is 5.32 Å². The predicted octanol–water partition coefficient (Wildman–Crippen LogP) is 1.50. The Labute approximate surface area is 97.4 Å². The molecule has 0 aromatic carbocycles. The van der Waals surface area contributed by atoms with Crippen LogP contribution < -0.4 is 5.32 Å². The molecule has 4 heteroatoms. The van der Waals surface area contributed by atoms with E-state index in [9.17, 15) is 4.79 Å². The van der Waals surface area contributed by atoms with Crippen molar-refractivity contribution in [3.05, 3.63) is 0 Å². The SMILES string of the molecule is COCCC1(CNC(C)C(C)C(=O)O)CC1. The van der Waals surface area contributed by atoms with E-state index in [0.29, 0.717) is 5.41 Å². The number of nitrogens with one attached hydrogen (secondary N) is 1. The minimum Gasteiger partial charge on any atom is -0.481 e. The van der Waals surface area contributed by atoms with E-state index < -0.39 is 5.97 Å². The van der Waals surface area contributed by atoms with Gasteiger partial charge in [-0.05, 0) is 31.6 Å². The molecule has 1 saturated carbocycles. The maximum absolute atomic E-state index is 10.8. The summed E-state index contributed by atoms with van der Waals surface area (Å²) in [4.78, 5) is 10.8. The quantitative estimate of drug-likeness (QED) is 0.662. The topological polar surface area (TPSA) is 58.6 Å². The first-order chi connectivity index (χ1) is 7.51. The number of carbonyl (C=O) groups is 1. The average Bonchev–Trinajstić information content (AvgIpc) is 3.02. The van der Waals surface area contributed by atoms with E-state index in [4.69, 9.17) is 9.84 Å². The summed E-state index contributed by atoms with van der Waals surface area (Å²) >= 11 is 0. The normalized spacial score (nSPS) is 21.4. The largest absolute Gasteiger partial charge is 0.481 e. The van der Waals surface area contributed by atoms with Crippen molar-refractivity contribution in [1.29, 1.82) is 0 Å². The maximum Gasteiger partial charge on any atom is 0.307 e. The lowest BCUT2D eigenvalue weighted by atomic mass is 10.00. The molecule has 1 rings (SSSR count). The van der Waals surface area contributed by atoms with Gasteiger partial charge in [-0.25, -0.2) is 0 Å². The van der Waals surface area contributed by atoms with Crippen LogP contribution in [0.2, 0.25) is 0 Å². The van der Waals surface area contributed by atoms with Gasteiger partial charge in [0.15, 0.2) is 0 Å². The van der Waals surface area contributed by atoms with Crippen molar-refractivity contribution >= 4 is 5.97 Å². The Hall–Kier alpha value is -0.610. The van der Waals surface area contributed by atoms with Crippen LogP contribution in [-0.4, -0.2) is 37.4 Å². The second-order valence-corrected chi connectivity index (χ2v) is 5.04. The van der Waals surface area contributed by atoms with Crippen molar-refractivity contribution in [2.24, 2.45) is 11.3 Å². The molecule has 0 heterocycles. The first-order valence-electron chi connectivity index (χ1n) is 5.96. The van der Waals surface area contributed by atoms with Crippen LogP contribution in [0.1, 0.15) is 33.1 Å². The zero-order chi connectivity index (χ0) is 12.2. The molecule has 0 radical (unpaired) electrons. The molecule has 2 unspecified atom stereocenters. The van der Waals surface area contributed by atoms with Crippen molar-refractivity contribution in [2.75, 3.05) is 20.3 Å². The summed E-state index contributed by atoms with van der Waals surface area (Å²) in [5.41, 5.74) is 0.377. The number of hydrogen-bond donors (Lipinski definition) is 2. The third-order valence-electron chi connectivity index (χ3n) is 3.73. The molecular formula is C12H23NO3. The van der Waals surface area contributed by atoms with E-state index in [1.54, 1.807) is 14.0 Å². The number of carboxylic acids is 1. The Morgan fingerprint density at radius 3 is 2.56 bits per heavy atom. The zero-order valence-corrected chi connectivity index (χ0v) is 10.5. The summed E-state index contributed by atoms with van der Waals surface area (Å²) in [6.45, 7) is 5.39. The van der Waals surface area contributed by atoms with Crippen LogP contribution >= 0.6 is 0 Å². The van der Waals surface area contributed by atoms with Crippen LogP contribution in [-0.2, 0) is 9.53 Å². The lowest BCUT2D eigenvalue weighted by Crippen LogP contribution is -2.39. The Kier molecular flexibility index (Phi) is 4.74. The van der Waals surface area contributed by atoms with Gasteiger partial charge in [0.1, 0.15) is 0 Å². The maximum atomic E-state index is 10.8. The van der Waals surface area contributed by atoms with Gasteiger partial charge >= 0.3 is 5.97 Å². The standard InChI is InChI=1S/C12H23NO3/c1-9(11(14)15)10(2)13-8-12(4-5-12)6-7-16-3/h9-10,13H,4-8H2,1-3H3,(H,14,15). The molecule has 16 heavy (non-hydrogen) atoms. The summed E-state index contributed by atoms with van der Waals surface area (Å²) in [6.07, 6.45) is 3.54. The Morgan fingerprint density at radius 1 is 1.50 bits per heavy atom. The molecule has 0 aromatic rings. The third kappa shape index (κ3) is 3.76. The number of aliphatic carboxylic acids is 1. The minimum atomic E-state index is -0.735. The molecule has 0 aromatic heterocycles. The average molecular weight is 229 g/mol. The Morgan fingerprint density at radius 2 is 2.12 bits per heavy atom. The van der Waals surface area contributed by atoms with Crippen molar-refractivity contribution < 1.29 is 14.6 Å². The van der Waals surface area contributed by atoms with Gasteiger partial charge in [0.05, 0.1) is 5.92 Å². The van der Waals surface area contributed by atoms with Crippen molar-refractivity contribution in [3.63, 3.8) is 0 Å². The monoisotopic (exact) mass is 229 g/mol. The summed E-state index contributed by atoms with van der Waals surface area (Å²) < 4.78 is 5.09. The van der Waals surface area contributed by atoms with E-state index in [0.717, 1.165) is 19.6 Å². The highest BCUT2D eigenvalue weighted by Gasteiger charge is 2.42. The molecule has 0 bridgehead atoms. The molecule has 0 spiro atoms. The molecule has 1 aliphatic rings. The summed E-state index contributed by atoms with van der Waals surface area (Å²) in [5.74, 6) is -1.07. The molecule has 0 saturated heterocycles. The molecule has 4 nitrogen and oxygen atoms in total. The fourth-order valence-electron chi connectivity index (χ4n) is 1.78. The molecule has 2 atom stereocenters. The van der Waals surface area contributed by atoms with Crippen LogP contribution in [0, 0.1) is 11.3 Å². The lowest BCUT2D eigenvalue weighted by Gasteiger charge is -2.22. The summed E-state index contributed by atoms with van der Waals surface area (Å²) in [6, 6.07) is 0.0255. The van der Waals surface area contributed by atoms with Gasteiger partial charge in [-0.1, -0.05) is 6.92 Å². The molecule has 1 fully saturated rings. The fourth-order valence-corrected chi connectivity index (χ4v) is 1.78. The van der Waals surface area contributed by atoms with E-state index in [1.807, 2.05) is 6.92 Å². The molecule has 0 amide bonds. The summed E-state index contributed by atoms with van der Waals surface area (Å²) in [5, 5.41) is 12.2. The second-order valence-electron chi connectivity index (χ2n) is 5.04. The first kappa shape index (κ1) is 13.5. The van der Waals surface area contributed by atoms with Crippen molar-refractivity contribution in [3.8, 4) is 0 Å². The lowest BCUT2D eigenvalue weighted by molar-refractivity contribution is -0.141. The second kappa shape index (κ2) is 5.64. The molecule has 1 aliphatic carbocycles. The molecule has 94 valence electrons. The van der Waals surface area contributed by atoms with Gasteiger partial charge in [0, 0.05) is 26.3 Å². The molecule has 2 N–H and O–H groups in total. The Bertz CT molecular complexity index is 238. The van der Waals surface area contributed by atoms with E-state index in [1.165, 1.54) is 12.8 Å². The van der Waals surface area contributed by atoms with Crippen LogP contribution in [0.3, 0.4) is 0 Å². The van der Waals surface area contributed by atoms with Gasteiger partial charge in [-0.15, -0.1) is 0 Å². The number of carboxylic acid groups (broad SMARTS) is 1. The highest BCUT2D eigenvalue weighted by molar-refractivity contribution is 5.70. The molecular weight excluding hydrogens is 206 g/mol. The van der Waals surface area contributed by atoms with Crippen molar-refractivity contribution in [2.45, 2.75) is 39.2 Å². The van der Waals surface area contributed by atoms with Crippen LogP contribution in [0.4, 0.5) is 0 Å². The van der Waals surface area contributed by atoms with E-state index in [2.05, 4.69) is 5.32 Å². The molecule has 0 aliphatic heterocycles. The number of hydrogen-bond acceptors (Lipinski definition) is 3. The van der Waals surface area contributed by atoms with Gasteiger partial charge in [0.2, 0.25) is 0 Å². The number of methoxy groups -OCH3 is 1. The highest BCUT2D eigenvalue weighted by Crippen LogP contribution is 2.48. The Balaban J connectivity index is 2.26. The minimum absolute atomic E-state index is 0.0255. The van der Waals surface area contributed by atoms with Crippen LogP contribution in [0.5, 0.6) is 0 Å². The summed E-state index contributed by atoms with van der Waals surface area (Å²) in [7, 11) is 1.72. The third-order valence-corrected chi connectivity index (χ3v) is 3.73. The smallest absolute Gasteiger partial charge is 0.307 e. The van der Waals surface area contributed by atoms with Crippen LogP contribution in [0.25, 0.3) is 0 Å². The zero-order valence-electron chi connectivity index (χ0n) is 10.5. The fraction of sp³-hybridized carbons (Fsp3) is 0.917.